The zero-order valence-corrected chi connectivity index (χ0v) is 13.1. The topological polar surface area (TPSA) is 71.3 Å². The summed E-state index contributed by atoms with van der Waals surface area (Å²) in [6, 6.07) is 0.259. The number of halogens is 1. The van der Waals surface area contributed by atoms with Crippen LogP contribution in [-0.4, -0.2) is 46.6 Å². The molecular formula is C13H23ClN4O2. The highest BCUT2D eigenvalue weighted by Gasteiger charge is 2.23. The molecule has 1 N–H and O–H groups in total. The number of nitrogens with one attached hydrogen (secondary N) is 1. The molecule has 0 spiro atoms. The highest BCUT2D eigenvalue weighted by Crippen LogP contribution is 2.12. The van der Waals surface area contributed by atoms with E-state index in [0.717, 1.165) is 19.6 Å². The number of aromatic nitrogens is 2. The zero-order valence-electron chi connectivity index (χ0n) is 12.3. The summed E-state index contributed by atoms with van der Waals surface area (Å²) in [6.07, 6.45) is 0.958. The Bertz CT molecular complexity index is 436. The molecule has 7 heteroatoms. The van der Waals surface area contributed by atoms with Crippen molar-refractivity contribution < 1.29 is 9.32 Å². The fourth-order valence-corrected chi connectivity index (χ4v) is 2.17. The molecule has 1 aromatic heterocycles. The van der Waals surface area contributed by atoms with Crippen LogP contribution in [0.25, 0.3) is 0 Å². The molecule has 0 aliphatic carbocycles. The van der Waals surface area contributed by atoms with Crippen molar-refractivity contribution in [2.45, 2.75) is 45.6 Å². The molecule has 1 saturated heterocycles. The standard InChI is InChI=1S/C13H22N4O2.ClH/c1-9(2)13-15-11(19-16-13)4-5-12(18)17-7-6-14-8-10(17)3;/h9-10,14H,4-8H2,1-3H3;1H/t10-;/m1./s1. The number of nitrogens with zero attached hydrogens (tertiary/aromatic N) is 3. The van der Waals surface area contributed by atoms with E-state index in [9.17, 15) is 4.79 Å². The van der Waals surface area contributed by atoms with Gasteiger partial charge in [0.15, 0.2) is 5.82 Å². The summed E-state index contributed by atoms with van der Waals surface area (Å²) in [5.74, 6) is 1.68. The van der Waals surface area contributed by atoms with Crippen LogP contribution in [0.15, 0.2) is 4.52 Å². The lowest BCUT2D eigenvalue weighted by Crippen LogP contribution is -2.52. The number of hydrogen-bond donors (Lipinski definition) is 1. The molecular weight excluding hydrogens is 280 g/mol. The van der Waals surface area contributed by atoms with E-state index in [1.807, 2.05) is 18.7 Å². The summed E-state index contributed by atoms with van der Waals surface area (Å²) in [7, 11) is 0. The molecule has 0 bridgehead atoms. The van der Waals surface area contributed by atoms with E-state index in [1.54, 1.807) is 0 Å². The van der Waals surface area contributed by atoms with Crippen molar-refractivity contribution in [2.75, 3.05) is 19.6 Å². The van der Waals surface area contributed by atoms with Gasteiger partial charge in [-0.1, -0.05) is 19.0 Å². The molecule has 1 atom stereocenters. The Balaban J connectivity index is 0.00000200. The normalized spacial score (nSPS) is 19.0. The van der Waals surface area contributed by atoms with Crippen LogP contribution in [0.2, 0.25) is 0 Å². The first-order valence-corrected chi connectivity index (χ1v) is 6.90. The fourth-order valence-electron chi connectivity index (χ4n) is 2.17. The predicted octanol–water partition coefficient (Wildman–Crippen LogP) is 1.37. The largest absolute Gasteiger partial charge is 0.339 e. The third-order valence-corrected chi connectivity index (χ3v) is 3.37. The molecule has 0 saturated carbocycles. The molecule has 1 aliphatic rings. The van der Waals surface area contributed by atoms with E-state index in [4.69, 9.17) is 4.52 Å². The van der Waals surface area contributed by atoms with E-state index in [0.29, 0.717) is 24.6 Å². The van der Waals surface area contributed by atoms with Gasteiger partial charge in [-0.3, -0.25) is 4.79 Å². The van der Waals surface area contributed by atoms with Crippen molar-refractivity contribution in [3.8, 4) is 0 Å². The molecule has 0 aromatic carbocycles. The van der Waals surface area contributed by atoms with Gasteiger partial charge in [0.1, 0.15) is 0 Å². The molecule has 1 amide bonds. The van der Waals surface area contributed by atoms with Crippen LogP contribution in [0.1, 0.15) is 44.8 Å². The Morgan fingerprint density at radius 1 is 1.55 bits per heavy atom. The van der Waals surface area contributed by atoms with Crippen molar-refractivity contribution in [2.24, 2.45) is 0 Å². The number of hydrogen-bond acceptors (Lipinski definition) is 5. The maximum atomic E-state index is 12.1. The molecule has 2 heterocycles. The summed E-state index contributed by atoms with van der Waals surface area (Å²) >= 11 is 0. The maximum Gasteiger partial charge on any atom is 0.227 e. The third-order valence-electron chi connectivity index (χ3n) is 3.37. The number of aryl methyl sites for hydroxylation is 1. The van der Waals surface area contributed by atoms with Gasteiger partial charge in [0.05, 0.1) is 0 Å². The molecule has 1 aliphatic heterocycles. The molecule has 0 radical (unpaired) electrons. The van der Waals surface area contributed by atoms with E-state index in [1.165, 1.54) is 0 Å². The Morgan fingerprint density at radius 3 is 2.90 bits per heavy atom. The van der Waals surface area contributed by atoms with Crippen LogP contribution in [0, 0.1) is 0 Å². The molecule has 1 fully saturated rings. The first-order valence-electron chi connectivity index (χ1n) is 6.90. The van der Waals surface area contributed by atoms with Crippen LogP contribution >= 0.6 is 12.4 Å². The van der Waals surface area contributed by atoms with Crippen LogP contribution in [-0.2, 0) is 11.2 Å². The minimum atomic E-state index is 0. The Morgan fingerprint density at radius 2 is 2.30 bits per heavy atom. The van der Waals surface area contributed by atoms with Crippen molar-refractivity contribution in [1.82, 2.24) is 20.4 Å². The third kappa shape index (κ3) is 4.18. The summed E-state index contributed by atoms with van der Waals surface area (Å²) in [5.41, 5.74) is 0. The highest BCUT2D eigenvalue weighted by molar-refractivity contribution is 5.85. The lowest BCUT2D eigenvalue weighted by atomic mass is 10.2. The predicted molar refractivity (Wildman–Crippen MR) is 78.0 cm³/mol. The smallest absolute Gasteiger partial charge is 0.227 e. The summed E-state index contributed by atoms with van der Waals surface area (Å²) in [4.78, 5) is 18.3. The first kappa shape index (κ1) is 16.9. The summed E-state index contributed by atoms with van der Waals surface area (Å²) in [5, 5.41) is 7.17. The molecule has 1 aromatic rings. The molecule has 0 unspecified atom stereocenters. The van der Waals surface area contributed by atoms with Gasteiger partial charge in [-0.05, 0) is 6.92 Å². The highest BCUT2D eigenvalue weighted by atomic mass is 35.5. The molecule has 114 valence electrons. The average molecular weight is 303 g/mol. The van der Waals surface area contributed by atoms with Crippen LogP contribution < -0.4 is 5.32 Å². The Hall–Kier alpha value is -1.14. The van der Waals surface area contributed by atoms with E-state index < -0.39 is 0 Å². The molecule has 20 heavy (non-hydrogen) atoms. The van der Waals surface area contributed by atoms with Gasteiger partial charge in [-0.15, -0.1) is 12.4 Å². The molecule has 6 nitrogen and oxygen atoms in total. The van der Waals surface area contributed by atoms with E-state index in [2.05, 4.69) is 22.4 Å². The number of rotatable bonds is 4. The minimum Gasteiger partial charge on any atom is -0.339 e. The minimum absolute atomic E-state index is 0. The van der Waals surface area contributed by atoms with E-state index in [-0.39, 0.29) is 30.3 Å². The lowest BCUT2D eigenvalue weighted by Gasteiger charge is -2.34. The van der Waals surface area contributed by atoms with Crippen molar-refractivity contribution in [3.05, 3.63) is 11.7 Å². The maximum absolute atomic E-state index is 12.1. The van der Waals surface area contributed by atoms with Crippen LogP contribution in [0.4, 0.5) is 0 Å². The van der Waals surface area contributed by atoms with Gasteiger partial charge in [0, 0.05) is 44.4 Å². The van der Waals surface area contributed by atoms with Gasteiger partial charge >= 0.3 is 0 Å². The van der Waals surface area contributed by atoms with Crippen LogP contribution in [0.3, 0.4) is 0 Å². The SMILES string of the molecule is CC(C)c1noc(CCC(=O)N2CCNC[C@H]2C)n1.Cl. The fraction of sp³-hybridized carbons (Fsp3) is 0.769. The summed E-state index contributed by atoms with van der Waals surface area (Å²) in [6.45, 7) is 8.61. The second-order valence-corrected chi connectivity index (χ2v) is 5.34. The lowest BCUT2D eigenvalue weighted by molar-refractivity contribution is -0.134. The zero-order chi connectivity index (χ0) is 13.8. The van der Waals surface area contributed by atoms with Crippen LogP contribution in [0.5, 0.6) is 0 Å². The second-order valence-electron chi connectivity index (χ2n) is 5.34. The van der Waals surface area contributed by atoms with Gasteiger partial charge in [0.25, 0.3) is 0 Å². The Kier molecular flexibility index (Phi) is 6.42. The monoisotopic (exact) mass is 302 g/mol. The van der Waals surface area contributed by atoms with Crippen molar-refractivity contribution in [1.29, 1.82) is 0 Å². The van der Waals surface area contributed by atoms with Gasteiger partial charge in [-0.25, -0.2) is 0 Å². The van der Waals surface area contributed by atoms with E-state index >= 15 is 0 Å². The second kappa shape index (κ2) is 7.59. The van der Waals surface area contributed by atoms with Gasteiger partial charge < -0.3 is 14.7 Å². The Labute approximate surface area is 125 Å². The number of amides is 1. The van der Waals surface area contributed by atoms with Gasteiger partial charge in [-0.2, -0.15) is 4.98 Å². The summed E-state index contributed by atoms with van der Waals surface area (Å²) < 4.78 is 5.15. The number of carbonyl (C=O) groups is 1. The van der Waals surface area contributed by atoms with Crippen molar-refractivity contribution in [3.63, 3.8) is 0 Å². The first-order chi connectivity index (χ1) is 9.08. The number of piperazine rings is 1. The quantitative estimate of drug-likeness (QED) is 0.909. The van der Waals surface area contributed by atoms with Crippen molar-refractivity contribution >= 4 is 18.3 Å². The molecule has 2 rings (SSSR count). The average Bonchev–Trinajstić information content (AvgIpc) is 2.85. The number of carbonyl (C=O) groups excluding carboxylic acids is 1. The van der Waals surface area contributed by atoms with Gasteiger partial charge in [0.2, 0.25) is 11.8 Å².